The Hall–Kier alpha value is -1.68. The number of carbonyl (C=O) groups excluding carboxylic acids is 1. The summed E-state index contributed by atoms with van der Waals surface area (Å²) >= 11 is 0. The SMILES string of the molecule is N=C(NC=O)c1ccc(CCCN)cc1. The summed E-state index contributed by atoms with van der Waals surface area (Å²) in [5, 5.41) is 9.78. The molecule has 0 saturated heterocycles. The van der Waals surface area contributed by atoms with Crippen molar-refractivity contribution < 1.29 is 4.79 Å². The van der Waals surface area contributed by atoms with E-state index in [1.54, 1.807) is 0 Å². The fourth-order valence-corrected chi connectivity index (χ4v) is 1.29. The van der Waals surface area contributed by atoms with Crippen LogP contribution < -0.4 is 11.1 Å². The van der Waals surface area contributed by atoms with Crippen molar-refractivity contribution in [3.8, 4) is 0 Å². The van der Waals surface area contributed by atoms with E-state index in [0.717, 1.165) is 12.8 Å². The molecular formula is C11H15N3O. The average Bonchev–Trinajstić information content (AvgIpc) is 2.27. The molecule has 0 aliphatic carbocycles. The van der Waals surface area contributed by atoms with Crippen molar-refractivity contribution in [2.75, 3.05) is 6.54 Å². The molecule has 0 atom stereocenters. The molecule has 4 heteroatoms. The molecule has 0 bridgehead atoms. The Morgan fingerprint density at radius 1 is 1.40 bits per heavy atom. The van der Waals surface area contributed by atoms with Crippen LogP contribution in [0, 0.1) is 5.41 Å². The first-order valence-corrected chi connectivity index (χ1v) is 4.86. The van der Waals surface area contributed by atoms with Crippen molar-refractivity contribution in [1.82, 2.24) is 5.32 Å². The van der Waals surface area contributed by atoms with Crippen LogP contribution in [-0.2, 0) is 11.2 Å². The standard InChI is InChI=1S/C11H15N3O/c12-7-1-2-9-3-5-10(6-4-9)11(13)14-8-15/h3-6,8H,1-2,7,12H2,(H2,13,14,15). The fourth-order valence-electron chi connectivity index (χ4n) is 1.29. The lowest BCUT2D eigenvalue weighted by Crippen LogP contribution is -2.21. The van der Waals surface area contributed by atoms with E-state index in [9.17, 15) is 4.79 Å². The third kappa shape index (κ3) is 3.52. The van der Waals surface area contributed by atoms with Gasteiger partial charge in [-0.25, -0.2) is 0 Å². The second kappa shape index (κ2) is 5.93. The van der Waals surface area contributed by atoms with Gasteiger partial charge in [-0.2, -0.15) is 0 Å². The molecule has 4 nitrogen and oxygen atoms in total. The summed E-state index contributed by atoms with van der Waals surface area (Å²) in [6, 6.07) is 7.55. The summed E-state index contributed by atoms with van der Waals surface area (Å²) in [5.41, 5.74) is 7.32. The van der Waals surface area contributed by atoms with Crippen molar-refractivity contribution in [3.05, 3.63) is 35.4 Å². The molecule has 0 radical (unpaired) electrons. The number of hydrogen-bond donors (Lipinski definition) is 3. The largest absolute Gasteiger partial charge is 0.330 e. The smallest absolute Gasteiger partial charge is 0.212 e. The fraction of sp³-hybridized carbons (Fsp3) is 0.273. The third-order valence-electron chi connectivity index (χ3n) is 2.12. The normalized spacial score (nSPS) is 9.67. The van der Waals surface area contributed by atoms with E-state index in [2.05, 4.69) is 5.32 Å². The highest BCUT2D eigenvalue weighted by molar-refractivity contribution is 6.01. The maximum absolute atomic E-state index is 10.1. The lowest BCUT2D eigenvalue weighted by molar-refractivity contribution is -0.108. The number of nitrogens with two attached hydrogens (primary N) is 1. The van der Waals surface area contributed by atoms with Gasteiger partial charge in [-0.15, -0.1) is 0 Å². The Kier molecular flexibility index (Phi) is 4.50. The van der Waals surface area contributed by atoms with Gasteiger partial charge in [0, 0.05) is 5.56 Å². The Balaban J connectivity index is 2.63. The Morgan fingerprint density at radius 3 is 2.60 bits per heavy atom. The van der Waals surface area contributed by atoms with Crippen LogP contribution in [0.25, 0.3) is 0 Å². The number of aryl methyl sites for hydroxylation is 1. The van der Waals surface area contributed by atoms with Crippen molar-refractivity contribution in [3.63, 3.8) is 0 Å². The summed E-state index contributed by atoms with van der Waals surface area (Å²) in [6.45, 7) is 0.685. The lowest BCUT2D eigenvalue weighted by Gasteiger charge is -2.04. The van der Waals surface area contributed by atoms with E-state index in [1.165, 1.54) is 5.56 Å². The highest BCUT2D eigenvalue weighted by Gasteiger charge is 1.99. The molecule has 0 fully saturated rings. The predicted molar refractivity (Wildman–Crippen MR) is 59.8 cm³/mol. The zero-order valence-electron chi connectivity index (χ0n) is 8.49. The maximum Gasteiger partial charge on any atom is 0.212 e. The first kappa shape index (κ1) is 11.4. The van der Waals surface area contributed by atoms with Crippen LogP contribution in [-0.4, -0.2) is 18.8 Å². The lowest BCUT2D eigenvalue weighted by atomic mass is 10.1. The van der Waals surface area contributed by atoms with Crippen LogP contribution in [0.1, 0.15) is 17.5 Å². The minimum Gasteiger partial charge on any atom is -0.330 e. The minimum atomic E-state index is 0.121. The highest BCUT2D eigenvalue weighted by atomic mass is 16.1. The van der Waals surface area contributed by atoms with E-state index in [1.807, 2.05) is 24.3 Å². The van der Waals surface area contributed by atoms with E-state index in [0.29, 0.717) is 18.5 Å². The number of benzene rings is 1. The van der Waals surface area contributed by atoms with Crippen LogP contribution in [0.2, 0.25) is 0 Å². The van der Waals surface area contributed by atoms with Gasteiger partial charge in [0.1, 0.15) is 5.84 Å². The second-order valence-electron chi connectivity index (χ2n) is 3.23. The van der Waals surface area contributed by atoms with Crippen molar-refractivity contribution >= 4 is 12.2 Å². The predicted octanol–water partition coefficient (Wildman–Crippen LogP) is 0.649. The molecule has 15 heavy (non-hydrogen) atoms. The van der Waals surface area contributed by atoms with Gasteiger partial charge in [-0.1, -0.05) is 24.3 Å². The van der Waals surface area contributed by atoms with Crippen LogP contribution in [0.15, 0.2) is 24.3 Å². The maximum atomic E-state index is 10.1. The zero-order valence-corrected chi connectivity index (χ0v) is 8.49. The summed E-state index contributed by atoms with van der Waals surface area (Å²) in [6.07, 6.45) is 2.42. The molecule has 0 unspecified atom stereocenters. The molecule has 1 aromatic carbocycles. The van der Waals surface area contributed by atoms with Gasteiger partial charge in [0.05, 0.1) is 0 Å². The molecule has 0 aliphatic heterocycles. The Morgan fingerprint density at radius 2 is 2.07 bits per heavy atom. The van der Waals surface area contributed by atoms with Crippen LogP contribution in [0.3, 0.4) is 0 Å². The molecule has 0 saturated carbocycles. The Labute approximate surface area is 89.0 Å². The molecule has 4 N–H and O–H groups in total. The second-order valence-corrected chi connectivity index (χ2v) is 3.23. The molecule has 0 aromatic heterocycles. The van der Waals surface area contributed by atoms with Gasteiger partial charge in [0.15, 0.2) is 0 Å². The summed E-state index contributed by atoms with van der Waals surface area (Å²) in [7, 11) is 0. The van der Waals surface area contributed by atoms with E-state index < -0.39 is 0 Å². The van der Waals surface area contributed by atoms with Gasteiger partial charge < -0.3 is 11.1 Å². The average molecular weight is 205 g/mol. The zero-order chi connectivity index (χ0) is 11.1. The van der Waals surface area contributed by atoms with E-state index in [-0.39, 0.29) is 5.84 Å². The summed E-state index contributed by atoms with van der Waals surface area (Å²) in [5.74, 6) is 0.121. The molecule has 1 rings (SSSR count). The number of carbonyl (C=O) groups is 1. The van der Waals surface area contributed by atoms with Gasteiger partial charge in [-0.3, -0.25) is 10.2 Å². The number of amides is 1. The summed E-state index contributed by atoms with van der Waals surface area (Å²) in [4.78, 5) is 10.1. The molecule has 0 spiro atoms. The minimum absolute atomic E-state index is 0.121. The first-order chi connectivity index (χ1) is 7.27. The van der Waals surface area contributed by atoms with Crippen molar-refractivity contribution in [2.45, 2.75) is 12.8 Å². The van der Waals surface area contributed by atoms with E-state index >= 15 is 0 Å². The van der Waals surface area contributed by atoms with Crippen molar-refractivity contribution in [2.24, 2.45) is 5.73 Å². The van der Waals surface area contributed by atoms with E-state index in [4.69, 9.17) is 11.1 Å². The Bertz CT molecular complexity index is 332. The number of amidine groups is 1. The number of nitrogens with one attached hydrogen (secondary N) is 2. The molecular weight excluding hydrogens is 190 g/mol. The highest BCUT2D eigenvalue weighted by Crippen LogP contribution is 2.06. The topological polar surface area (TPSA) is 79.0 Å². The molecule has 0 aliphatic rings. The third-order valence-corrected chi connectivity index (χ3v) is 2.12. The molecule has 1 aromatic rings. The molecule has 1 amide bonds. The summed E-state index contributed by atoms with van der Waals surface area (Å²) < 4.78 is 0. The van der Waals surface area contributed by atoms with Crippen LogP contribution in [0.5, 0.6) is 0 Å². The van der Waals surface area contributed by atoms with Crippen molar-refractivity contribution in [1.29, 1.82) is 5.41 Å². The quantitative estimate of drug-likeness (QED) is 0.375. The van der Waals surface area contributed by atoms with Gasteiger partial charge in [0.2, 0.25) is 6.41 Å². The monoisotopic (exact) mass is 205 g/mol. The van der Waals surface area contributed by atoms with Crippen LogP contribution >= 0.6 is 0 Å². The molecule has 0 heterocycles. The van der Waals surface area contributed by atoms with Gasteiger partial charge in [-0.05, 0) is 24.9 Å². The van der Waals surface area contributed by atoms with Gasteiger partial charge in [0.25, 0.3) is 0 Å². The van der Waals surface area contributed by atoms with Crippen LogP contribution in [0.4, 0.5) is 0 Å². The number of rotatable bonds is 5. The van der Waals surface area contributed by atoms with Gasteiger partial charge >= 0.3 is 0 Å². The molecule has 80 valence electrons. The number of hydrogen-bond acceptors (Lipinski definition) is 3. The first-order valence-electron chi connectivity index (χ1n) is 4.86.